The third kappa shape index (κ3) is 3.19. The number of methoxy groups -OCH3 is 1. The summed E-state index contributed by atoms with van der Waals surface area (Å²) in [5.74, 6) is 2.22. The molecule has 0 unspecified atom stereocenters. The molecule has 122 valence electrons. The van der Waals surface area contributed by atoms with E-state index >= 15 is 0 Å². The van der Waals surface area contributed by atoms with Gasteiger partial charge in [-0.3, -0.25) is 4.79 Å². The van der Waals surface area contributed by atoms with Crippen LogP contribution in [0.2, 0.25) is 0 Å². The first-order valence-electron chi connectivity index (χ1n) is 7.59. The maximum atomic E-state index is 12.4. The van der Waals surface area contributed by atoms with E-state index in [9.17, 15) is 4.79 Å². The summed E-state index contributed by atoms with van der Waals surface area (Å²) in [7, 11) is 1.63. The molecule has 1 aromatic carbocycles. The number of nitrogens with zero attached hydrogens (tertiary/aromatic N) is 4. The second-order valence-electron chi connectivity index (χ2n) is 5.42. The summed E-state index contributed by atoms with van der Waals surface area (Å²) in [6, 6.07) is 9.20. The summed E-state index contributed by atoms with van der Waals surface area (Å²) >= 11 is 0. The van der Waals surface area contributed by atoms with Crippen LogP contribution in [0.3, 0.4) is 0 Å². The lowest BCUT2D eigenvalue weighted by atomic mass is 10.2. The lowest BCUT2D eigenvalue weighted by Gasteiger charge is -2.33. The minimum absolute atomic E-state index is 0.0212. The number of carbonyl (C=O) groups is 1. The van der Waals surface area contributed by atoms with Crippen LogP contribution in [0.4, 0.5) is 0 Å². The normalized spacial score (nSPS) is 17.0. The molecule has 0 fully saturated rings. The Morgan fingerprint density at radius 3 is 2.78 bits per heavy atom. The molecule has 0 aliphatic carbocycles. The lowest BCUT2D eigenvalue weighted by Crippen LogP contribution is -2.43. The first-order chi connectivity index (χ1) is 11.2. The van der Waals surface area contributed by atoms with Crippen LogP contribution >= 0.6 is 0 Å². The molecule has 1 aliphatic rings. The number of hydrogen-bond donors (Lipinski definition) is 0. The van der Waals surface area contributed by atoms with Crippen molar-refractivity contribution in [3.8, 4) is 5.75 Å². The maximum absolute atomic E-state index is 12.4. The minimum Gasteiger partial charge on any atom is -0.484 e. The van der Waals surface area contributed by atoms with Crippen molar-refractivity contribution in [2.75, 3.05) is 20.3 Å². The van der Waals surface area contributed by atoms with Gasteiger partial charge in [-0.1, -0.05) is 18.2 Å². The fraction of sp³-hybridized carbons (Fsp3) is 0.438. The summed E-state index contributed by atoms with van der Waals surface area (Å²) in [6.07, 6.45) is 0. The number of ether oxygens (including phenoxy) is 2. The molecule has 7 nitrogen and oxygen atoms in total. The van der Waals surface area contributed by atoms with E-state index in [4.69, 9.17) is 9.47 Å². The van der Waals surface area contributed by atoms with E-state index in [1.54, 1.807) is 12.0 Å². The Kier molecular flexibility index (Phi) is 4.57. The average Bonchev–Trinajstić information content (AvgIpc) is 2.98. The second-order valence-corrected chi connectivity index (χ2v) is 5.42. The average molecular weight is 316 g/mol. The van der Waals surface area contributed by atoms with E-state index in [1.165, 1.54) is 0 Å². The standard InChI is InChI=1S/C16H20N4O3/c1-12-16-18-17-14(10-22-2)20(16)9-8-19(12)15(21)11-23-13-6-4-3-5-7-13/h3-7,12H,8-11H2,1-2H3/t12-/m1/s1. The molecular weight excluding hydrogens is 296 g/mol. The van der Waals surface area contributed by atoms with E-state index in [-0.39, 0.29) is 18.6 Å². The van der Waals surface area contributed by atoms with Gasteiger partial charge in [0.1, 0.15) is 12.4 Å². The maximum Gasteiger partial charge on any atom is 0.261 e. The number of hydrogen-bond acceptors (Lipinski definition) is 5. The van der Waals surface area contributed by atoms with E-state index in [0.717, 1.165) is 11.6 Å². The molecule has 1 amide bonds. The highest BCUT2D eigenvalue weighted by Crippen LogP contribution is 2.24. The topological polar surface area (TPSA) is 69.5 Å². The summed E-state index contributed by atoms with van der Waals surface area (Å²) in [5.41, 5.74) is 0. The number of benzene rings is 1. The molecule has 0 saturated heterocycles. The van der Waals surface area contributed by atoms with Crippen LogP contribution in [0.5, 0.6) is 5.75 Å². The van der Waals surface area contributed by atoms with E-state index in [1.807, 2.05) is 41.8 Å². The number of carbonyl (C=O) groups excluding carboxylic acids is 1. The Hall–Kier alpha value is -2.41. The van der Waals surface area contributed by atoms with E-state index in [2.05, 4.69) is 10.2 Å². The van der Waals surface area contributed by atoms with Crippen molar-refractivity contribution in [3.63, 3.8) is 0 Å². The SMILES string of the molecule is COCc1nnc2n1CCN(C(=O)COc1ccccc1)[C@@H]2C. The second kappa shape index (κ2) is 6.78. The highest BCUT2D eigenvalue weighted by molar-refractivity contribution is 5.78. The molecule has 0 radical (unpaired) electrons. The van der Waals surface area contributed by atoms with Crippen molar-refractivity contribution >= 4 is 5.91 Å². The molecule has 23 heavy (non-hydrogen) atoms. The number of amides is 1. The quantitative estimate of drug-likeness (QED) is 0.834. The molecular formula is C16H20N4O3. The third-order valence-corrected chi connectivity index (χ3v) is 3.96. The highest BCUT2D eigenvalue weighted by atomic mass is 16.5. The molecule has 3 rings (SSSR count). The van der Waals surface area contributed by atoms with Crippen LogP contribution in [0.25, 0.3) is 0 Å². The first-order valence-corrected chi connectivity index (χ1v) is 7.59. The highest BCUT2D eigenvalue weighted by Gasteiger charge is 2.31. The monoisotopic (exact) mass is 316 g/mol. The van der Waals surface area contributed by atoms with Gasteiger partial charge >= 0.3 is 0 Å². The van der Waals surface area contributed by atoms with E-state index in [0.29, 0.717) is 25.4 Å². The minimum atomic E-state index is -0.131. The summed E-state index contributed by atoms with van der Waals surface area (Å²) in [4.78, 5) is 14.2. The van der Waals surface area contributed by atoms with Gasteiger partial charge in [-0.15, -0.1) is 10.2 Å². The molecule has 7 heteroatoms. The summed E-state index contributed by atoms with van der Waals surface area (Å²) in [6.45, 7) is 3.68. The predicted molar refractivity (Wildman–Crippen MR) is 82.8 cm³/mol. The molecule has 0 N–H and O–H groups in total. The fourth-order valence-corrected chi connectivity index (χ4v) is 2.76. The zero-order chi connectivity index (χ0) is 16.2. The molecule has 1 aliphatic heterocycles. The van der Waals surface area contributed by atoms with Crippen molar-refractivity contribution in [1.82, 2.24) is 19.7 Å². The van der Waals surface area contributed by atoms with Crippen LogP contribution in [0.1, 0.15) is 24.6 Å². The van der Waals surface area contributed by atoms with Crippen LogP contribution in [0.15, 0.2) is 30.3 Å². The lowest BCUT2D eigenvalue weighted by molar-refractivity contribution is -0.136. The molecule has 0 spiro atoms. The Morgan fingerprint density at radius 2 is 2.04 bits per heavy atom. The first kappa shape index (κ1) is 15.5. The van der Waals surface area contributed by atoms with Gasteiger partial charge in [0.2, 0.25) is 0 Å². The van der Waals surface area contributed by atoms with Crippen molar-refractivity contribution in [2.45, 2.75) is 26.1 Å². The molecule has 1 atom stereocenters. The van der Waals surface area contributed by atoms with Gasteiger partial charge in [0.15, 0.2) is 18.3 Å². The Labute approximate surface area is 134 Å². The number of rotatable bonds is 5. The van der Waals surface area contributed by atoms with Gasteiger partial charge in [-0.25, -0.2) is 0 Å². The van der Waals surface area contributed by atoms with Crippen LogP contribution in [0, 0.1) is 0 Å². The van der Waals surface area contributed by atoms with Crippen LogP contribution in [-0.2, 0) is 22.7 Å². The van der Waals surface area contributed by atoms with Gasteiger partial charge in [-0.2, -0.15) is 0 Å². The molecule has 2 aromatic rings. The van der Waals surface area contributed by atoms with Gasteiger partial charge in [0, 0.05) is 20.2 Å². The molecule has 1 aromatic heterocycles. The fourth-order valence-electron chi connectivity index (χ4n) is 2.76. The van der Waals surface area contributed by atoms with Crippen LogP contribution < -0.4 is 4.74 Å². The third-order valence-electron chi connectivity index (χ3n) is 3.96. The largest absolute Gasteiger partial charge is 0.484 e. The summed E-state index contributed by atoms with van der Waals surface area (Å²) < 4.78 is 12.7. The van der Waals surface area contributed by atoms with Crippen molar-refractivity contribution in [3.05, 3.63) is 42.0 Å². The molecule has 0 bridgehead atoms. The predicted octanol–water partition coefficient (Wildman–Crippen LogP) is 1.41. The zero-order valence-corrected chi connectivity index (χ0v) is 13.3. The molecule has 0 saturated carbocycles. The summed E-state index contributed by atoms with van der Waals surface area (Å²) in [5, 5.41) is 8.35. The Morgan fingerprint density at radius 1 is 1.26 bits per heavy atom. The number of para-hydroxylation sites is 1. The Bertz CT molecular complexity index is 671. The zero-order valence-electron chi connectivity index (χ0n) is 13.3. The van der Waals surface area contributed by atoms with Crippen LogP contribution in [-0.4, -0.2) is 45.8 Å². The van der Waals surface area contributed by atoms with Gasteiger partial charge in [-0.05, 0) is 19.1 Å². The van der Waals surface area contributed by atoms with Crippen molar-refractivity contribution in [2.24, 2.45) is 0 Å². The van der Waals surface area contributed by atoms with Gasteiger partial charge in [0.05, 0.1) is 6.04 Å². The van der Waals surface area contributed by atoms with E-state index < -0.39 is 0 Å². The van der Waals surface area contributed by atoms with Crippen molar-refractivity contribution < 1.29 is 14.3 Å². The number of aromatic nitrogens is 3. The molecule has 2 heterocycles. The smallest absolute Gasteiger partial charge is 0.261 e. The van der Waals surface area contributed by atoms with Gasteiger partial charge < -0.3 is 18.9 Å². The van der Waals surface area contributed by atoms with Crippen molar-refractivity contribution in [1.29, 1.82) is 0 Å². The Balaban J connectivity index is 1.66. The number of fused-ring (bicyclic) bond motifs is 1. The van der Waals surface area contributed by atoms with Gasteiger partial charge in [0.25, 0.3) is 5.91 Å².